The van der Waals surface area contributed by atoms with Gasteiger partial charge in [-0.2, -0.15) is 0 Å². The number of hydrogen-bond acceptors (Lipinski definition) is 7. The first kappa shape index (κ1) is 18.6. The highest BCUT2D eigenvalue weighted by Gasteiger charge is 2.18. The fourth-order valence-electron chi connectivity index (χ4n) is 2.93. The van der Waals surface area contributed by atoms with Crippen LogP contribution in [0.1, 0.15) is 10.4 Å². The highest BCUT2D eigenvalue weighted by atomic mass is 16.6. The predicted octanol–water partition coefficient (Wildman–Crippen LogP) is 2.04. The second-order valence-electron chi connectivity index (χ2n) is 6.39. The number of nitro groups is 1. The fraction of sp³-hybridized carbons (Fsp3) is 0.333. The molecule has 0 unspecified atom stereocenters. The molecular formula is C18H22N6O3. The van der Waals surface area contributed by atoms with Crippen molar-refractivity contribution < 1.29 is 9.72 Å². The molecule has 2 heterocycles. The third-order valence-electron chi connectivity index (χ3n) is 4.56. The van der Waals surface area contributed by atoms with E-state index in [9.17, 15) is 14.9 Å². The topological polar surface area (TPSA) is 104 Å². The molecule has 0 spiro atoms. The molecule has 2 N–H and O–H groups in total. The molecule has 1 fully saturated rings. The molecule has 27 heavy (non-hydrogen) atoms. The van der Waals surface area contributed by atoms with Crippen molar-refractivity contribution >= 4 is 28.8 Å². The molecule has 0 atom stereocenters. The van der Waals surface area contributed by atoms with E-state index in [4.69, 9.17) is 0 Å². The highest BCUT2D eigenvalue weighted by molar-refractivity contribution is 6.08. The van der Waals surface area contributed by atoms with Gasteiger partial charge in [-0.05, 0) is 25.2 Å². The first-order chi connectivity index (χ1) is 13.0. The number of hydrogen-bond donors (Lipinski definition) is 2. The summed E-state index contributed by atoms with van der Waals surface area (Å²) in [7, 11) is 3.75. The van der Waals surface area contributed by atoms with Gasteiger partial charge in [0.15, 0.2) is 0 Å². The summed E-state index contributed by atoms with van der Waals surface area (Å²) in [5.74, 6) is 0.435. The molecule has 0 aliphatic carbocycles. The van der Waals surface area contributed by atoms with Crippen molar-refractivity contribution in [2.24, 2.45) is 0 Å². The summed E-state index contributed by atoms with van der Waals surface area (Å²) in [4.78, 5) is 31.9. The molecule has 1 saturated heterocycles. The molecule has 1 amide bonds. The maximum absolute atomic E-state index is 12.6. The van der Waals surface area contributed by atoms with Gasteiger partial charge in [-0.25, -0.2) is 4.98 Å². The fourth-order valence-corrected chi connectivity index (χ4v) is 2.93. The zero-order chi connectivity index (χ0) is 19.4. The van der Waals surface area contributed by atoms with Crippen molar-refractivity contribution in [3.63, 3.8) is 0 Å². The van der Waals surface area contributed by atoms with Gasteiger partial charge < -0.3 is 20.4 Å². The zero-order valence-corrected chi connectivity index (χ0v) is 15.3. The monoisotopic (exact) mass is 370 g/mol. The predicted molar refractivity (Wildman–Crippen MR) is 105 cm³/mol. The van der Waals surface area contributed by atoms with Crippen LogP contribution in [-0.4, -0.2) is 61.0 Å². The van der Waals surface area contributed by atoms with Crippen LogP contribution in [-0.2, 0) is 0 Å². The Hall–Kier alpha value is -3.20. The van der Waals surface area contributed by atoms with Crippen LogP contribution in [0.4, 0.5) is 22.9 Å². The largest absolute Gasteiger partial charge is 0.387 e. The Kier molecular flexibility index (Phi) is 5.51. The Morgan fingerprint density at radius 1 is 1.19 bits per heavy atom. The number of rotatable bonds is 5. The number of anilines is 3. The second kappa shape index (κ2) is 8.00. The summed E-state index contributed by atoms with van der Waals surface area (Å²) in [6.45, 7) is 3.79. The standard InChI is InChI=1S/C18H22N6O3/c1-19-16-5-4-14(24(26)27)11-15(16)18(25)21-13-3-6-17(20-12-13)23-9-7-22(2)8-10-23/h3-6,11-12,19H,7-10H2,1-2H3,(H,21,25). The minimum atomic E-state index is -0.525. The molecule has 2 aromatic rings. The van der Waals surface area contributed by atoms with E-state index in [-0.39, 0.29) is 11.3 Å². The van der Waals surface area contributed by atoms with E-state index in [0.29, 0.717) is 11.4 Å². The maximum Gasteiger partial charge on any atom is 0.270 e. The Morgan fingerprint density at radius 3 is 2.52 bits per heavy atom. The number of nitrogens with one attached hydrogen (secondary N) is 2. The van der Waals surface area contributed by atoms with E-state index >= 15 is 0 Å². The molecule has 0 bridgehead atoms. The summed E-state index contributed by atoms with van der Waals surface area (Å²) in [5.41, 5.74) is 1.11. The van der Waals surface area contributed by atoms with Crippen molar-refractivity contribution in [2.75, 3.05) is 55.8 Å². The van der Waals surface area contributed by atoms with Crippen molar-refractivity contribution in [1.29, 1.82) is 0 Å². The van der Waals surface area contributed by atoms with E-state index in [1.807, 2.05) is 6.07 Å². The molecule has 1 aliphatic heterocycles. The van der Waals surface area contributed by atoms with Crippen LogP contribution in [0.5, 0.6) is 0 Å². The number of pyridine rings is 1. The molecule has 1 aromatic heterocycles. The van der Waals surface area contributed by atoms with Gasteiger partial charge in [0.2, 0.25) is 0 Å². The van der Waals surface area contributed by atoms with Gasteiger partial charge in [-0.15, -0.1) is 0 Å². The normalized spacial score (nSPS) is 14.7. The molecule has 9 nitrogen and oxygen atoms in total. The molecule has 0 saturated carbocycles. The lowest BCUT2D eigenvalue weighted by atomic mass is 10.1. The van der Waals surface area contributed by atoms with Crippen LogP contribution in [0.25, 0.3) is 0 Å². The molecule has 1 aliphatic rings. The average molecular weight is 370 g/mol. The van der Waals surface area contributed by atoms with Crippen molar-refractivity contribution in [3.8, 4) is 0 Å². The number of nitrogens with zero attached hydrogens (tertiary/aromatic N) is 4. The molecule has 0 radical (unpaired) electrons. The Morgan fingerprint density at radius 2 is 1.93 bits per heavy atom. The SMILES string of the molecule is CNc1ccc([N+](=O)[O-])cc1C(=O)Nc1ccc(N2CCN(C)CC2)nc1. The number of benzene rings is 1. The van der Waals surface area contributed by atoms with E-state index in [1.165, 1.54) is 18.2 Å². The van der Waals surface area contributed by atoms with Gasteiger partial charge in [0.1, 0.15) is 5.82 Å². The van der Waals surface area contributed by atoms with Gasteiger partial charge in [0, 0.05) is 51.0 Å². The number of piperazine rings is 1. The van der Waals surface area contributed by atoms with E-state index in [1.54, 1.807) is 19.3 Å². The highest BCUT2D eigenvalue weighted by Crippen LogP contribution is 2.23. The van der Waals surface area contributed by atoms with Gasteiger partial charge in [0.25, 0.3) is 11.6 Å². The summed E-state index contributed by atoms with van der Waals surface area (Å²) >= 11 is 0. The smallest absolute Gasteiger partial charge is 0.270 e. The molecule has 1 aromatic carbocycles. The molecule has 142 valence electrons. The number of amides is 1. The van der Waals surface area contributed by atoms with Crippen molar-refractivity contribution in [1.82, 2.24) is 9.88 Å². The summed E-state index contributed by atoms with van der Waals surface area (Å²) in [6, 6.07) is 7.78. The Bertz CT molecular complexity index is 831. The van der Waals surface area contributed by atoms with Crippen LogP contribution in [0.3, 0.4) is 0 Å². The van der Waals surface area contributed by atoms with Gasteiger partial charge in [-0.1, -0.05) is 0 Å². The lowest BCUT2D eigenvalue weighted by Crippen LogP contribution is -2.44. The van der Waals surface area contributed by atoms with Crippen LogP contribution in [0.15, 0.2) is 36.5 Å². The number of aromatic nitrogens is 1. The van der Waals surface area contributed by atoms with E-state index < -0.39 is 10.8 Å². The summed E-state index contributed by atoms with van der Waals surface area (Å²) in [6.07, 6.45) is 1.60. The number of likely N-dealkylation sites (N-methyl/N-ethyl adjacent to an activating group) is 1. The van der Waals surface area contributed by atoms with Crippen molar-refractivity contribution in [2.45, 2.75) is 0 Å². The van der Waals surface area contributed by atoms with E-state index in [0.717, 1.165) is 32.0 Å². The molecule has 9 heteroatoms. The van der Waals surface area contributed by atoms with Crippen LogP contribution < -0.4 is 15.5 Å². The van der Waals surface area contributed by atoms with Crippen LogP contribution in [0.2, 0.25) is 0 Å². The Balaban J connectivity index is 1.73. The lowest BCUT2D eigenvalue weighted by Gasteiger charge is -2.33. The van der Waals surface area contributed by atoms with Gasteiger partial charge in [-0.3, -0.25) is 14.9 Å². The Labute approximate surface area is 157 Å². The summed E-state index contributed by atoms with van der Waals surface area (Å²) in [5, 5.41) is 16.6. The number of non-ortho nitro benzene ring substituents is 1. The number of nitro benzene ring substituents is 1. The quantitative estimate of drug-likeness (QED) is 0.613. The minimum absolute atomic E-state index is 0.136. The summed E-state index contributed by atoms with van der Waals surface area (Å²) < 4.78 is 0. The number of carbonyl (C=O) groups is 1. The molecule has 3 rings (SSSR count). The zero-order valence-electron chi connectivity index (χ0n) is 15.3. The third-order valence-corrected chi connectivity index (χ3v) is 4.56. The van der Waals surface area contributed by atoms with Crippen LogP contribution >= 0.6 is 0 Å². The maximum atomic E-state index is 12.6. The average Bonchev–Trinajstić information content (AvgIpc) is 2.68. The van der Waals surface area contributed by atoms with Gasteiger partial charge in [0.05, 0.1) is 22.4 Å². The van der Waals surface area contributed by atoms with E-state index in [2.05, 4.69) is 32.5 Å². The van der Waals surface area contributed by atoms with Crippen LogP contribution in [0, 0.1) is 10.1 Å². The first-order valence-corrected chi connectivity index (χ1v) is 8.65. The second-order valence-corrected chi connectivity index (χ2v) is 6.39. The first-order valence-electron chi connectivity index (χ1n) is 8.65. The minimum Gasteiger partial charge on any atom is -0.387 e. The van der Waals surface area contributed by atoms with Gasteiger partial charge >= 0.3 is 0 Å². The number of carbonyl (C=O) groups excluding carboxylic acids is 1. The lowest BCUT2D eigenvalue weighted by molar-refractivity contribution is -0.384. The third kappa shape index (κ3) is 4.32. The molecular weight excluding hydrogens is 348 g/mol. The van der Waals surface area contributed by atoms with Crippen molar-refractivity contribution in [3.05, 3.63) is 52.2 Å².